The van der Waals surface area contributed by atoms with Crippen molar-refractivity contribution in [1.82, 2.24) is 29.0 Å². The van der Waals surface area contributed by atoms with Crippen LogP contribution >= 0.6 is 0 Å². The van der Waals surface area contributed by atoms with Crippen LogP contribution in [0.3, 0.4) is 0 Å². The van der Waals surface area contributed by atoms with Gasteiger partial charge >= 0.3 is 6.09 Å². The van der Waals surface area contributed by atoms with E-state index in [-0.39, 0.29) is 30.1 Å². The van der Waals surface area contributed by atoms with Gasteiger partial charge in [-0.25, -0.2) is 9.78 Å². The summed E-state index contributed by atoms with van der Waals surface area (Å²) < 4.78 is 15.6. The highest BCUT2D eigenvalue weighted by atomic mass is 16.6. The molecule has 4 aromatic rings. The molecule has 2 fully saturated rings. The van der Waals surface area contributed by atoms with Crippen molar-refractivity contribution >= 4 is 17.7 Å². The Labute approximate surface area is 238 Å². The van der Waals surface area contributed by atoms with E-state index < -0.39 is 5.60 Å². The molecule has 3 N–H and O–H groups in total. The van der Waals surface area contributed by atoms with E-state index in [2.05, 4.69) is 15.1 Å². The fourth-order valence-corrected chi connectivity index (χ4v) is 5.46. The highest BCUT2D eigenvalue weighted by Gasteiger charge is 2.35. The van der Waals surface area contributed by atoms with E-state index in [4.69, 9.17) is 15.2 Å². The van der Waals surface area contributed by atoms with Gasteiger partial charge in [0.1, 0.15) is 17.2 Å². The van der Waals surface area contributed by atoms with Crippen molar-refractivity contribution in [2.45, 2.75) is 77.2 Å². The average molecular weight is 560 g/mol. The van der Waals surface area contributed by atoms with E-state index in [9.17, 15) is 9.90 Å². The van der Waals surface area contributed by atoms with Crippen LogP contribution in [0, 0.1) is 6.92 Å². The van der Waals surface area contributed by atoms with Crippen molar-refractivity contribution in [3.05, 3.63) is 48.5 Å². The molecule has 0 radical (unpaired) electrons. The van der Waals surface area contributed by atoms with Crippen LogP contribution in [-0.4, -0.2) is 71.1 Å². The van der Waals surface area contributed by atoms with Crippen LogP contribution in [0.5, 0.6) is 5.75 Å². The summed E-state index contributed by atoms with van der Waals surface area (Å²) in [4.78, 5) is 23.1. The number of aromatic nitrogens is 5. The number of nitrogens with two attached hydrogens (primary N) is 1. The Kier molecular flexibility index (Phi) is 6.85. The number of hydrogen-bond donors (Lipinski definition) is 2. The summed E-state index contributed by atoms with van der Waals surface area (Å²) in [7, 11) is 0. The highest BCUT2D eigenvalue weighted by Crippen LogP contribution is 2.37. The van der Waals surface area contributed by atoms with Crippen molar-refractivity contribution < 1.29 is 19.4 Å². The number of anilines is 1. The summed E-state index contributed by atoms with van der Waals surface area (Å²) in [6.45, 7) is 8.89. The van der Waals surface area contributed by atoms with Gasteiger partial charge in [-0.3, -0.25) is 9.08 Å². The van der Waals surface area contributed by atoms with Gasteiger partial charge in [-0.15, -0.1) is 0 Å². The number of ether oxygens (including phenoxy) is 2. The van der Waals surface area contributed by atoms with Gasteiger partial charge in [0.15, 0.2) is 0 Å². The zero-order valence-electron chi connectivity index (χ0n) is 23.9. The number of aromatic hydroxyl groups is 1. The van der Waals surface area contributed by atoms with Crippen molar-refractivity contribution in [2.24, 2.45) is 0 Å². The zero-order chi connectivity index (χ0) is 28.9. The van der Waals surface area contributed by atoms with Crippen LogP contribution in [0.25, 0.3) is 28.2 Å². The van der Waals surface area contributed by atoms with Crippen LogP contribution in [0.15, 0.2) is 43.0 Å². The lowest BCUT2D eigenvalue weighted by Gasteiger charge is -2.40. The van der Waals surface area contributed by atoms with Crippen molar-refractivity contribution in [1.29, 1.82) is 0 Å². The number of likely N-dealkylation sites (tertiary alicyclic amines) is 1. The number of nitrogens with zero attached hydrogens (tertiary/aromatic N) is 6. The number of hydrogen-bond acceptors (Lipinski definition) is 8. The van der Waals surface area contributed by atoms with E-state index in [1.54, 1.807) is 11.0 Å². The first-order valence-corrected chi connectivity index (χ1v) is 14.2. The van der Waals surface area contributed by atoms with E-state index >= 15 is 0 Å². The number of aryl methyl sites for hydroxylation is 1. The molecule has 1 aromatic carbocycles. The first-order valence-electron chi connectivity index (χ1n) is 14.2. The van der Waals surface area contributed by atoms with Crippen LogP contribution in [-0.2, 0) is 9.47 Å². The summed E-state index contributed by atoms with van der Waals surface area (Å²) in [5.41, 5.74) is 9.73. The normalized spacial score (nSPS) is 19.9. The SMILES string of the molecule is Cc1ccc(-c2cn3cc(-c4cnn([C@H]5C[C@H](OC6CCN(C(=O)OC(C)(C)C)CC6)C5)c4)c(N)nc3n2)c(O)c1. The van der Waals surface area contributed by atoms with Crippen LogP contribution in [0.2, 0.25) is 0 Å². The number of piperidine rings is 1. The molecule has 4 heterocycles. The third-order valence-corrected chi connectivity index (χ3v) is 7.74. The Morgan fingerprint density at radius 2 is 1.80 bits per heavy atom. The summed E-state index contributed by atoms with van der Waals surface area (Å²) in [6, 6.07) is 5.76. The second kappa shape index (κ2) is 10.4. The minimum absolute atomic E-state index is 0.160. The number of benzene rings is 1. The largest absolute Gasteiger partial charge is 0.507 e. The summed E-state index contributed by atoms with van der Waals surface area (Å²) in [5, 5.41) is 15.0. The lowest BCUT2D eigenvalue weighted by atomic mass is 9.89. The van der Waals surface area contributed by atoms with Gasteiger partial charge in [0.05, 0.1) is 30.1 Å². The highest BCUT2D eigenvalue weighted by molar-refractivity contribution is 5.75. The van der Waals surface area contributed by atoms with Crippen LogP contribution < -0.4 is 5.73 Å². The Balaban J connectivity index is 1.06. The van der Waals surface area contributed by atoms with Crippen LogP contribution in [0.1, 0.15) is 58.1 Å². The van der Waals surface area contributed by atoms with Gasteiger partial charge in [0.2, 0.25) is 5.78 Å². The Bertz CT molecular complexity index is 1570. The lowest BCUT2D eigenvalue weighted by Crippen LogP contribution is -2.45. The molecule has 1 saturated carbocycles. The molecule has 41 heavy (non-hydrogen) atoms. The number of imidazole rings is 1. The van der Waals surface area contributed by atoms with Gasteiger partial charge in [-0.2, -0.15) is 10.1 Å². The van der Waals surface area contributed by atoms with Gasteiger partial charge in [0.25, 0.3) is 0 Å². The fraction of sp³-hybridized carbons (Fsp3) is 0.467. The van der Waals surface area contributed by atoms with E-state index in [1.807, 2.05) is 73.7 Å². The molecule has 2 aliphatic rings. The predicted molar refractivity (Wildman–Crippen MR) is 154 cm³/mol. The standard InChI is InChI=1S/C30H37N7O4/c1-18-5-6-23(26(38)11-18)25-17-36-16-24(27(31)34-28(36)33-25)19-14-32-37(15-19)20-12-22(13-20)40-21-7-9-35(10-8-21)29(39)41-30(2,3)4/h5-6,11,14-17,20-22,38H,7-10,12-13H2,1-4H3,(H2,31,33,34)/t20-,22-. The molecule has 0 bridgehead atoms. The molecular weight excluding hydrogens is 522 g/mol. The molecule has 0 atom stereocenters. The Morgan fingerprint density at radius 1 is 1.05 bits per heavy atom. The van der Waals surface area contributed by atoms with E-state index in [0.29, 0.717) is 35.9 Å². The van der Waals surface area contributed by atoms with Crippen LogP contribution in [0.4, 0.5) is 10.6 Å². The number of amides is 1. The molecule has 0 unspecified atom stereocenters. The molecule has 3 aromatic heterocycles. The average Bonchev–Trinajstić information content (AvgIpc) is 3.51. The third-order valence-electron chi connectivity index (χ3n) is 7.74. The maximum Gasteiger partial charge on any atom is 0.410 e. The molecule has 1 aliphatic heterocycles. The first-order chi connectivity index (χ1) is 19.5. The van der Waals surface area contributed by atoms with Crippen molar-refractivity contribution in [2.75, 3.05) is 18.8 Å². The second-order valence-corrected chi connectivity index (χ2v) is 12.2. The van der Waals surface area contributed by atoms with Gasteiger partial charge in [-0.05, 0) is 71.1 Å². The Hall–Kier alpha value is -4.12. The zero-order valence-corrected chi connectivity index (χ0v) is 23.9. The number of nitrogen functional groups attached to an aromatic ring is 1. The minimum atomic E-state index is -0.484. The second-order valence-electron chi connectivity index (χ2n) is 12.2. The summed E-state index contributed by atoms with van der Waals surface area (Å²) in [6.07, 6.45) is 11.1. The van der Waals surface area contributed by atoms with E-state index in [1.165, 1.54) is 0 Å². The van der Waals surface area contributed by atoms with E-state index in [0.717, 1.165) is 42.4 Å². The fourth-order valence-electron chi connectivity index (χ4n) is 5.46. The summed E-state index contributed by atoms with van der Waals surface area (Å²) in [5.74, 6) is 1.01. The quantitative estimate of drug-likeness (QED) is 0.350. The van der Waals surface area contributed by atoms with Gasteiger partial charge < -0.3 is 25.2 Å². The molecule has 11 nitrogen and oxygen atoms in total. The molecule has 1 saturated heterocycles. The number of phenolic OH excluding ortho intramolecular Hbond substituents is 1. The number of carbonyl (C=O) groups excluding carboxylic acids is 1. The number of carbonyl (C=O) groups is 1. The number of phenols is 1. The molecular formula is C30H37N7O4. The minimum Gasteiger partial charge on any atom is -0.507 e. The Morgan fingerprint density at radius 3 is 2.51 bits per heavy atom. The summed E-state index contributed by atoms with van der Waals surface area (Å²) >= 11 is 0. The smallest absolute Gasteiger partial charge is 0.410 e. The third kappa shape index (κ3) is 5.72. The molecule has 0 spiro atoms. The maximum absolute atomic E-state index is 12.3. The van der Waals surface area contributed by atoms with Gasteiger partial charge in [0, 0.05) is 48.4 Å². The monoisotopic (exact) mass is 559 g/mol. The molecule has 1 amide bonds. The first kappa shape index (κ1) is 27.1. The topological polar surface area (TPSA) is 133 Å². The predicted octanol–water partition coefficient (Wildman–Crippen LogP) is 4.98. The maximum atomic E-state index is 12.3. The molecule has 6 rings (SSSR count). The molecule has 1 aliphatic carbocycles. The van der Waals surface area contributed by atoms with Crippen molar-refractivity contribution in [3.8, 4) is 28.1 Å². The van der Waals surface area contributed by atoms with Gasteiger partial charge in [-0.1, -0.05) is 6.07 Å². The molecule has 11 heteroatoms. The number of rotatable bonds is 5. The van der Waals surface area contributed by atoms with Crippen molar-refractivity contribution in [3.63, 3.8) is 0 Å². The number of fused-ring (bicyclic) bond motifs is 1. The molecule has 216 valence electrons. The lowest BCUT2D eigenvalue weighted by molar-refractivity contribution is -0.0919.